The van der Waals surface area contributed by atoms with Crippen molar-refractivity contribution < 1.29 is 29.4 Å². The number of ketones is 2. The number of unbranched alkanes of at least 4 members (excludes halogenated alkanes) is 28. The average molecular weight is 826 g/mol. The van der Waals surface area contributed by atoms with Crippen molar-refractivity contribution in [2.24, 2.45) is 10.7 Å². The highest BCUT2D eigenvalue weighted by molar-refractivity contribution is 6.39. The van der Waals surface area contributed by atoms with Crippen molar-refractivity contribution in [2.45, 2.75) is 239 Å². The fraction of sp³-hybridized carbons (Fsp3) is 0.780. The van der Waals surface area contributed by atoms with Crippen molar-refractivity contribution in [3.63, 3.8) is 0 Å². The summed E-state index contributed by atoms with van der Waals surface area (Å²) in [5, 5.41) is 17.4. The van der Waals surface area contributed by atoms with Gasteiger partial charge in [-0.1, -0.05) is 200 Å². The van der Waals surface area contributed by atoms with Crippen LogP contribution in [0.4, 0.5) is 0 Å². The molecular formula is C50H87N3O6. The van der Waals surface area contributed by atoms with Crippen LogP contribution in [-0.4, -0.2) is 63.2 Å². The monoisotopic (exact) mass is 826 g/mol. The van der Waals surface area contributed by atoms with Crippen molar-refractivity contribution in [3.05, 3.63) is 34.9 Å². The Morgan fingerprint density at radius 1 is 0.559 bits per heavy atom. The van der Waals surface area contributed by atoms with Gasteiger partial charge in [0.15, 0.2) is 23.1 Å². The van der Waals surface area contributed by atoms with E-state index in [1.54, 1.807) is 0 Å². The summed E-state index contributed by atoms with van der Waals surface area (Å²) in [5.41, 5.74) is 5.60. The number of Topliss-reactive ketones (excluding diaryl/α,β-unsaturated/α-hetero) is 2. The van der Waals surface area contributed by atoms with E-state index in [1.165, 1.54) is 192 Å². The molecule has 1 unspecified atom stereocenters. The van der Waals surface area contributed by atoms with Crippen LogP contribution >= 0.6 is 0 Å². The number of carboxylic acid groups (broad SMARTS) is 2. The molecule has 0 saturated carbocycles. The molecule has 1 atom stereocenters. The fourth-order valence-electron chi connectivity index (χ4n) is 8.05. The van der Waals surface area contributed by atoms with Crippen LogP contribution in [0.3, 0.4) is 0 Å². The largest absolute Gasteiger partial charge is 0.478 e. The molecule has 0 aliphatic carbocycles. The van der Waals surface area contributed by atoms with Crippen LogP contribution in [0.25, 0.3) is 0 Å². The highest BCUT2D eigenvalue weighted by atomic mass is 16.4. The van der Waals surface area contributed by atoms with Gasteiger partial charge >= 0.3 is 11.9 Å². The number of nitrogens with zero attached hydrogens (tertiary/aromatic N) is 2. The summed E-state index contributed by atoms with van der Waals surface area (Å²) in [6, 6.07) is 4.17. The van der Waals surface area contributed by atoms with Crippen LogP contribution < -0.4 is 5.73 Å². The molecule has 4 N–H and O–H groups in total. The fourth-order valence-corrected chi connectivity index (χ4v) is 8.05. The molecule has 1 aromatic rings. The van der Waals surface area contributed by atoms with E-state index in [2.05, 4.69) is 18.8 Å². The van der Waals surface area contributed by atoms with Crippen molar-refractivity contribution in [1.29, 1.82) is 0 Å². The Morgan fingerprint density at radius 3 is 1.20 bits per heavy atom. The number of aromatic carboxylic acids is 2. The number of amidine groups is 1. The molecule has 1 aliphatic heterocycles. The molecule has 0 aromatic heterocycles. The predicted molar refractivity (Wildman–Crippen MR) is 246 cm³/mol. The van der Waals surface area contributed by atoms with Gasteiger partial charge in [0.1, 0.15) is 0 Å². The highest BCUT2D eigenvalue weighted by Gasteiger charge is 2.42. The second kappa shape index (κ2) is 34.6. The Hall–Kier alpha value is -3.07. The summed E-state index contributed by atoms with van der Waals surface area (Å²) in [4.78, 5) is 53.8. The molecule has 338 valence electrons. The first-order chi connectivity index (χ1) is 28.5. The first kappa shape index (κ1) is 53.9. The maximum Gasteiger partial charge on any atom is 0.335 e. The van der Waals surface area contributed by atoms with Crippen molar-refractivity contribution in [1.82, 2.24) is 4.90 Å². The molecular weight excluding hydrogens is 739 g/mol. The predicted octanol–water partition coefficient (Wildman–Crippen LogP) is 13.4. The minimum atomic E-state index is -1.24. The van der Waals surface area contributed by atoms with Gasteiger partial charge in [-0.25, -0.2) is 14.6 Å². The number of aliphatic imine (C=N–C) groups is 1. The molecule has 0 saturated heterocycles. The topological polar surface area (TPSA) is 150 Å². The molecule has 1 heterocycles. The van der Waals surface area contributed by atoms with Crippen LogP contribution in [0.1, 0.15) is 253 Å². The van der Waals surface area contributed by atoms with Crippen molar-refractivity contribution in [2.75, 3.05) is 13.1 Å². The summed E-state index contributed by atoms with van der Waals surface area (Å²) < 4.78 is 0. The van der Waals surface area contributed by atoms with Gasteiger partial charge in [-0.3, -0.25) is 15.3 Å². The Kier molecular flexibility index (Phi) is 31.7. The number of benzene rings is 1. The van der Waals surface area contributed by atoms with E-state index in [0.717, 1.165) is 25.7 Å². The van der Waals surface area contributed by atoms with E-state index in [9.17, 15) is 19.2 Å². The van der Waals surface area contributed by atoms with Gasteiger partial charge in [-0.2, -0.15) is 0 Å². The zero-order valence-electron chi connectivity index (χ0n) is 38.3. The Bertz CT molecular complexity index is 1300. The lowest BCUT2D eigenvalue weighted by atomic mass is 9.99. The molecule has 0 spiro atoms. The average Bonchev–Trinajstić information content (AvgIpc) is 3.58. The van der Waals surface area contributed by atoms with E-state index >= 15 is 0 Å². The third kappa shape index (κ3) is 24.7. The van der Waals surface area contributed by atoms with Crippen LogP contribution in [0.15, 0.2) is 23.2 Å². The molecule has 0 radical (unpaired) electrons. The SMILES string of the molecule is CCCCCCCCCCCCCCCCCC(=O)C1=NC(N)(C(=O)CCCCCCCCCCCCCCCCC)CN1CC.Cc1c(C(=O)O)cccc1C(=O)O. The summed E-state index contributed by atoms with van der Waals surface area (Å²) in [6.45, 7) is 9.06. The Morgan fingerprint density at radius 2 is 0.881 bits per heavy atom. The minimum absolute atomic E-state index is 0.00424. The minimum Gasteiger partial charge on any atom is -0.478 e. The van der Waals surface area contributed by atoms with E-state index in [4.69, 9.17) is 15.9 Å². The molecule has 9 heteroatoms. The highest BCUT2D eigenvalue weighted by Crippen LogP contribution is 2.23. The van der Waals surface area contributed by atoms with Gasteiger partial charge in [0, 0.05) is 19.4 Å². The summed E-state index contributed by atoms with van der Waals surface area (Å²) in [6.07, 6.45) is 40.3. The van der Waals surface area contributed by atoms with Crippen LogP contribution in [0, 0.1) is 6.92 Å². The van der Waals surface area contributed by atoms with E-state index < -0.39 is 17.6 Å². The standard InChI is InChI=1S/C41H79N3O2.C9H8O4/c1-4-7-9-11-13-15-17-19-21-23-25-27-29-31-33-35-38(45)40-43-41(42,37-44(40)6-3)39(46)36-34-32-30-28-26-24-22-20-18-16-14-12-10-8-5-2;1-5-6(8(10)11)3-2-4-7(5)9(12)13/h4-37,42H2,1-3H3;2-4H,1H3,(H,10,11)(H,12,13). The van der Waals surface area contributed by atoms with Gasteiger partial charge in [0.2, 0.25) is 0 Å². The number of rotatable bonds is 37. The zero-order valence-corrected chi connectivity index (χ0v) is 38.3. The maximum absolute atomic E-state index is 13.1. The third-order valence-electron chi connectivity index (χ3n) is 12.0. The molecule has 2 rings (SSSR count). The van der Waals surface area contributed by atoms with Crippen LogP contribution in [0.5, 0.6) is 0 Å². The lowest BCUT2D eigenvalue weighted by Gasteiger charge is -2.22. The smallest absolute Gasteiger partial charge is 0.335 e. The van der Waals surface area contributed by atoms with Gasteiger partial charge in [-0.15, -0.1) is 0 Å². The number of hydrogen-bond acceptors (Lipinski definition) is 7. The van der Waals surface area contributed by atoms with E-state index in [-0.39, 0.29) is 28.3 Å². The summed E-state index contributed by atoms with van der Waals surface area (Å²) in [5.74, 6) is -1.72. The molecule has 0 bridgehead atoms. The summed E-state index contributed by atoms with van der Waals surface area (Å²) >= 11 is 0. The number of carbonyl (C=O) groups excluding carboxylic acids is 2. The van der Waals surface area contributed by atoms with E-state index in [1.807, 2.05) is 11.8 Å². The van der Waals surface area contributed by atoms with Crippen molar-refractivity contribution in [3.8, 4) is 0 Å². The third-order valence-corrected chi connectivity index (χ3v) is 12.0. The summed E-state index contributed by atoms with van der Waals surface area (Å²) in [7, 11) is 0. The van der Waals surface area contributed by atoms with E-state index in [0.29, 0.717) is 31.8 Å². The Labute approximate surface area is 360 Å². The number of likely N-dealkylation sites (N-methyl/N-ethyl adjacent to an activating group) is 1. The number of carbonyl (C=O) groups is 4. The van der Waals surface area contributed by atoms with Gasteiger partial charge in [0.25, 0.3) is 0 Å². The molecule has 9 nitrogen and oxygen atoms in total. The maximum atomic E-state index is 13.1. The number of carboxylic acids is 2. The van der Waals surface area contributed by atoms with Crippen LogP contribution in [-0.2, 0) is 9.59 Å². The van der Waals surface area contributed by atoms with Gasteiger partial charge in [-0.05, 0) is 44.4 Å². The lowest BCUT2D eigenvalue weighted by molar-refractivity contribution is -0.124. The molecule has 59 heavy (non-hydrogen) atoms. The molecule has 0 fully saturated rings. The molecule has 1 aromatic carbocycles. The van der Waals surface area contributed by atoms with Crippen molar-refractivity contribution >= 4 is 29.3 Å². The number of nitrogens with two attached hydrogens (primary N) is 1. The zero-order chi connectivity index (χ0) is 43.6. The first-order valence-electron chi connectivity index (χ1n) is 24.3. The Balaban J connectivity index is 0.00000113. The quantitative estimate of drug-likeness (QED) is 0.0561. The molecule has 0 amide bonds. The second-order valence-electron chi connectivity index (χ2n) is 17.2. The first-order valence-corrected chi connectivity index (χ1v) is 24.3. The molecule has 1 aliphatic rings. The second-order valence-corrected chi connectivity index (χ2v) is 17.2. The normalized spacial score (nSPS) is 14.9. The van der Waals surface area contributed by atoms with Crippen LogP contribution in [0.2, 0.25) is 0 Å². The lowest BCUT2D eigenvalue weighted by Crippen LogP contribution is -2.50. The van der Waals surface area contributed by atoms with Gasteiger partial charge < -0.3 is 15.1 Å². The number of hydrogen-bond donors (Lipinski definition) is 3. The van der Waals surface area contributed by atoms with Gasteiger partial charge in [0.05, 0.1) is 17.7 Å².